The summed E-state index contributed by atoms with van der Waals surface area (Å²) in [5.41, 5.74) is 2.37. The van der Waals surface area contributed by atoms with Crippen molar-refractivity contribution in [1.82, 2.24) is 9.97 Å². The van der Waals surface area contributed by atoms with E-state index in [1.807, 2.05) is 35.7 Å². The number of hydrogen-bond acceptors (Lipinski definition) is 4. The van der Waals surface area contributed by atoms with Gasteiger partial charge in [-0.15, -0.1) is 11.3 Å². The normalized spacial score (nSPS) is 10.8. The Morgan fingerprint density at radius 1 is 1.12 bits per heavy atom. The molecule has 5 nitrogen and oxygen atoms in total. The molecule has 0 aliphatic heterocycles. The molecule has 0 bridgehead atoms. The van der Waals surface area contributed by atoms with E-state index in [-0.39, 0.29) is 17.2 Å². The molecule has 128 valence electrons. The van der Waals surface area contributed by atoms with Gasteiger partial charge in [0.05, 0.1) is 21.6 Å². The van der Waals surface area contributed by atoms with E-state index in [1.54, 1.807) is 24.3 Å². The first-order valence-electron chi connectivity index (χ1n) is 7.75. The van der Waals surface area contributed by atoms with E-state index in [0.29, 0.717) is 27.2 Å². The number of nitrogens with zero attached hydrogens (tertiary/aromatic N) is 1. The van der Waals surface area contributed by atoms with Gasteiger partial charge < -0.3 is 10.3 Å². The number of aromatic amines is 1. The van der Waals surface area contributed by atoms with Crippen molar-refractivity contribution in [3.63, 3.8) is 0 Å². The zero-order chi connectivity index (χ0) is 18.1. The zero-order valence-electron chi connectivity index (χ0n) is 13.3. The van der Waals surface area contributed by atoms with Crippen molar-refractivity contribution in [1.29, 1.82) is 0 Å². The van der Waals surface area contributed by atoms with Gasteiger partial charge in [-0.1, -0.05) is 34.1 Å². The summed E-state index contributed by atoms with van der Waals surface area (Å²) in [7, 11) is 0. The second-order valence-corrected chi connectivity index (χ2v) is 7.42. The molecule has 0 fully saturated rings. The van der Waals surface area contributed by atoms with Crippen molar-refractivity contribution < 1.29 is 4.79 Å². The van der Waals surface area contributed by atoms with E-state index in [0.717, 1.165) is 4.47 Å². The highest BCUT2D eigenvalue weighted by Crippen LogP contribution is 2.29. The van der Waals surface area contributed by atoms with Gasteiger partial charge in [-0.05, 0) is 41.8 Å². The van der Waals surface area contributed by atoms with E-state index >= 15 is 0 Å². The van der Waals surface area contributed by atoms with Crippen LogP contribution in [0.4, 0.5) is 5.69 Å². The molecule has 1 amide bonds. The number of aromatic nitrogens is 2. The first-order valence-corrected chi connectivity index (χ1v) is 9.43. The van der Waals surface area contributed by atoms with Crippen molar-refractivity contribution in [3.05, 3.63) is 79.7 Å². The minimum Gasteiger partial charge on any atom is -0.321 e. The largest absolute Gasteiger partial charge is 0.321 e. The Balaban J connectivity index is 1.84. The molecule has 2 aromatic heterocycles. The highest BCUT2D eigenvalue weighted by atomic mass is 79.9. The van der Waals surface area contributed by atoms with Crippen molar-refractivity contribution >= 4 is 49.9 Å². The first kappa shape index (κ1) is 16.7. The maximum Gasteiger partial charge on any atom is 0.275 e. The van der Waals surface area contributed by atoms with Crippen LogP contribution in [-0.2, 0) is 0 Å². The standard InChI is InChI=1S/C19H12BrN3O2S/c20-11-7-8-13(22-18(24)16-6-3-9-26-16)12(10-11)17-19(25)23-15-5-2-1-4-14(15)21-17/h1-10H,(H,22,24)(H,23,25). The van der Waals surface area contributed by atoms with Crippen LogP contribution in [0.1, 0.15) is 9.67 Å². The monoisotopic (exact) mass is 425 g/mol. The molecule has 0 unspecified atom stereocenters. The van der Waals surface area contributed by atoms with Gasteiger partial charge in [0.2, 0.25) is 0 Å². The highest BCUT2D eigenvalue weighted by molar-refractivity contribution is 9.10. The van der Waals surface area contributed by atoms with Crippen molar-refractivity contribution in [2.24, 2.45) is 0 Å². The summed E-state index contributed by atoms with van der Waals surface area (Å²) in [6, 6.07) is 16.2. The third-order valence-electron chi connectivity index (χ3n) is 3.83. The van der Waals surface area contributed by atoms with Crippen LogP contribution in [0.5, 0.6) is 0 Å². The number of anilines is 1. The Morgan fingerprint density at radius 2 is 1.96 bits per heavy atom. The second kappa shape index (κ2) is 6.86. The first-order chi connectivity index (χ1) is 12.6. The molecule has 4 rings (SSSR count). The Kier molecular flexibility index (Phi) is 4.40. The third kappa shape index (κ3) is 3.18. The summed E-state index contributed by atoms with van der Waals surface area (Å²) in [5, 5.41) is 4.71. The number of fused-ring (bicyclic) bond motifs is 1. The molecule has 2 N–H and O–H groups in total. The number of benzene rings is 2. The van der Waals surface area contributed by atoms with E-state index in [4.69, 9.17) is 0 Å². The Bertz CT molecular complexity index is 1170. The summed E-state index contributed by atoms with van der Waals surface area (Å²) in [6.07, 6.45) is 0. The summed E-state index contributed by atoms with van der Waals surface area (Å²) in [6.45, 7) is 0. The summed E-state index contributed by atoms with van der Waals surface area (Å²) >= 11 is 4.78. The van der Waals surface area contributed by atoms with Gasteiger partial charge in [0, 0.05) is 10.0 Å². The van der Waals surface area contributed by atoms with Gasteiger partial charge in [0.25, 0.3) is 11.5 Å². The van der Waals surface area contributed by atoms with Crippen molar-refractivity contribution in [3.8, 4) is 11.3 Å². The average molecular weight is 426 g/mol. The lowest BCUT2D eigenvalue weighted by Gasteiger charge is -2.11. The molecule has 4 aromatic rings. The number of para-hydroxylation sites is 2. The van der Waals surface area contributed by atoms with Gasteiger partial charge in [0.1, 0.15) is 5.69 Å². The predicted octanol–water partition coefficient (Wildman–Crippen LogP) is 4.67. The SMILES string of the molecule is O=C(Nc1ccc(Br)cc1-c1nc2ccccc2[nH]c1=O)c1cccs1. The van der Waals surface area contributed by atoms with E-state index in [2.05, 4.69) is 31.2 Å². The number of amides is 1. The maximum atomic E-state index is 12.6. The van der Waals surface area contributed by atoms with Gasteiger partial charge in [-0.2, -0.15) is 0 Å². The van der Waals surface area contributed by atoms with E-state index in [1.165, 1.54) is 11.3 Å². The molecule has 2 aromatic carbocycles. The molecule has 0 spiro atoms. The highest BCUT2D eigenvalue weighted by Gasteiger charge is 2.15. The summed E-state index contributed by atoms with van der Waals surface area (Å²) < 4.78 is 0.788. The summed E-state index contributed by atoms with van der Waals surface area (Å²) in [5.74, 6) is -0.221. The second-order valence-electron chi connectivity index (χ2n) is 5.55. The Labute approximate surface area is 160 Å². The number of hydrogen-bond donors (Lipinski definition) is 2. The van der Waals surface area contributed by atoms with Crippen LogP contribution in [0, 0.1) is 0 Å². The minimum atomic E-state index is -0.312. The maximum absolute atomic E-state index is 12.6. The molecule has 0 atom stereocenters. The quantitative estimate of drug-likeness (QED) is 0.500. The number of H-pyrrole nitrogens is 1. The molecule has 0 radical (unpaired) electrons. The van der Waals surface area contributed by atoms with Gasteiger partial charge in [-0.3, -0.25) is 9.59 Å². The lowest BCUT2D eigenvalue weighted by Crippen LogP contribution is -2.15. The van der Waals surface area contributed by atoms with Crippen molar-refractivity contribution in [2.75, 3.05) is 5.32 Å². The molecule has 26 heavy (non-hydrogen) atoms. The number of carbonyl (C=O) groups excluding carboxylic acids is 1. The van der Waals surface area contributed by atoms with Crippen LogP contribution < -0.4 is 10.9 Å². The van der Waals surface area contributed by atoms with Gasteiger partial charge in [-0.25, -0.2) is 4.98 Å². The lowest BCUT2D eigenvalue weighted by atomic mass is 10.1. The molecule has 7 heteroatoms. The minimum absolute atomic E-state index is 0.221. The number of halogens is 1. The van der Waals surface area contributed by atoms with Gasteiger partial charge in [0.15, 0.2) is 0 Å². The molecule has 0 saturated heterocycles. The van der Waals surface area contributed by atoms with Crippen LogP contribution >= 0.6 is 27.3 Å². The average Bonchev–Trinajstić information content (AvgIpc) is 3.17. The predicted molar refractivity (Wildman–Crippen MR) is 108 cm³/mol. The van der Waals surface area contributed by atoms with E-state index in [9.17, 15) is 9.59 Å². The number of nitrogens with one attached hydrogen (secondary N) is 2. The smallest absolute Gasteiger partial charge is 0.275 e. The van der Waals surface area contributed by atoms with Crippen LogP contribution in [0.2, 0.25) is 0 Å². The van der Waals surface area contributed by atoms with Crippen molar-refractivity contribution in [2.45, 2.75) is 0 Å². The van der Waals surface area contributed by atoms with Crippen LogP contribution in [-0.4, -0.2) is 15.9 Å². The van der Waals surface area contributed by atoms with Crippen LogP contribution in [0.15, 0.2) is 69.2 Å². The number of carbonyl (C=O) groups is 1. The molecular weight excluding hydrogens is 414 g/mol. The topological polar surface area (TPSA) is 74.8 Å². The molecule has 2 heterocycles. The van der Waals surface area contributed by atoms with Gasteiger partial charge >= 0.3 is 0 Å². The molecular formula is C19H12BrN3O2S. The molecule has 0 aliphatic rings. The fourth-order valence-corrected chi connectivity index (χ4v) is 3.61. The molecule has 0 saturated carbocycles. The van der Waals surface area contributed by atoms with E-state index < -0.39 is 0 Å². The molecule has 0 aliphatic carbocycles. The third-order valence-corrected chi connectivity index (χ3v) is 5.19. The number of rotatable bonds is 3. The van der Waals surface area contributed by atoms with Crippen LogP contribution in [0.3, 0.4) is 0 Å². The number of thiophene rings is 1. The Hall–Kier alpha value is -2.77. The fourth-order valence-electron chi connectivity index (χ4n) is 2.63. The Morgan fingerprint density at radius 3 is 2.77 bits per heavy atom. The zero-order valence-corrected chi connectivity index (χ0v) is 15.7. The fraction of sp³-hybridized carbons (Fsp3) is 0. The lowest BCUT2D eigenvalue weighted by molar-refractivity contribution is 0.103. The van der Waals surface area contributed by atoms with Crippen LogP contribution in [0.25, 0.3) is 22.3 Å². The summed E-state index contributed by atoms with van der Waals surface area (Å²) in [4.78, 5) is 32.9.